The molecule has 0 bridgehead atoms. The number of aromatic nitrogens is 2. The summed E-state index contributed by atoms with van der Waals surface area (Å²) in [6, 6.07) is 3.78. The van der Waals surface area contributed by atoms with E-state index in [2.05, 4.69) is 15.3 Å². The third kappa shape index (κ3) is 3.93. The fourth-order valence-corrected chi connectivity index (χ4v) is 2.65. The summed E-state index contributed by atoms with van der Waals surface area (Å²) < 4.78 is 26.1. The number of aryl methyl sites for hydroxylation is 1. The van der Waals surface area contributed by atoms with E-state index in [4.69, 9.17) is 0 Å². The van der Waals surface area contributed by atoms with Crippen molar-refractivity contribution in [3.8, 4) is 0 Å². The normalized spacial score (nSPS) is 15.1. The van der Waals surface area contributed by atoms with E-state index in [1.165, 1.54) is 12.4 Å². The van der Waals surface area contributed by atoms with Gasteiger partial charge in [-0.25, -0.2) is 18.7 Å². The van der Waals surface area contributed by atoms with Crippen LogP contribution in [-0.2, 0) is 6.42 Å². The molecule has 1 heterocycles. The second kappa shape index (κ2) is 7.03. The number of nitrogens with zero attached hydrogens (tertiary/aromatic N) is 2. The van der Waals surface area contributed by atoms with Crippen LogP contribution in [0, 0.1) is 11.6 Å². The maximum Gasteiger partial charge on any atom is 0.254 e. The molecule has 0 aliphatic heterocycles. The highest BCUT2D eigenvalue weighted by atomic mass is 19.2. The van der Waals surface area contributed by atoms with E-state index in [9.17, 15) is 13.6 Å². The monoisotopic (exact) mass is 331 g/mol. The Morgan fingerprint density at radius 1 is 1.33 bits per heavy atom. The molecule has 6 heteroatoms. The summed E-state index contributed by atoms with van der Waals surface area (Å²) in [6.07, 6.45) is 6.32. The zero-order valence-corrected chi connectivity index (χ0v) is 13.4. The fraction of sp³-hybridized carbons (Fsp3) is 0.389. The number of amides is 1. The van der Waals surface area contributed by atoms with Gasteiger partial charge in [0.25, 0.3) is 5.91 Å². The summed E-state index contributed by atoms with van der Waals surface area (Å²) in [7, 11) is 0. The average molecular weight is 331 g/mol. The zero-order valence-electron chi connectivity index (χ0n) is 13.4. The third-order valence-corrected chi connectivity index (χ3v) is 4.18. The lowest BCUT2D eigenvalue weighted by atomic mass is 10.1. The molecule has 1 fully saturated rings. The van der Waals surface area contributed by atoms with Crippen molar-refractivity contribution in [3.05, 3.63) is 59.2 Å². The van der Waals surface area contributed by atoms with E-state index in [1.54, 1.807) is 12.3 Å². The van der Waals surface area contributed by atoms with Crippen LogP contribution in [0.1, 0.15) is 53.7 Å². The van der Waals surface area contributed by atoms with Crippen molar-refractivity contribution in [1.82, 2.24) is 15.3 Å². The zero-order chi connectivity index (χ0) is 17.1. The Bertz CT molecular complexity index is 747. The van der Waals surface area contributed by atoms with Gasteiger partial charge in [-0.05, 0) is 50.3 Å². The van der Waals surface area contributed by atoms with Gasteiger partial charge in [-0.3, -0.25) is 4.79 Å². The Hall–Kier alpha value is -2.37. The standard InChI is InChI=1S/C18H19F2N3O/c1-11(2-3-12-4-7-15(19)16(20)8-12)23-18(24)14-9-21-10-22-17(14)13-5-6-13/h4,7-11,13H,2-3,5-6H2,1H3,(H,23,24). The lowest BCUT2D eigenvalue weighted by Crippen LogP contribution is -2.33. The van der Waals surface area contributed by atoms with Crippen molar-refractivity contribution >= 4 is 5.91 Å². The number of carbonyl (C=O) groups is 1. The summed E-state index contributed by atoms with van der Waals surface area (Å²) in [4.78, 5) is 20.6. The summed E-state index contributed by atoms with van der Waals surface area (Å²) in [5.41, 5.74) is 2.05. The summed E-state index contributed by atoms with van der Waals surface area (Å²) in [6.45, 7) is 1.89. The van der Waals surface area contributed by atoms with Crippen molar-refractivity contribution in [2.24, 2.45) is 0 Å². The quantitative estimate of drug-likeness (QED) is 0.883. The topological polar surface area (TPSA) is 54.9 Å². The minimum absolute atomic E-state index is 0.0992. The smallest absolute Gasteiger partial charge is 0.254 e. The molecule has 1 amide bonds. The number of hydrogen-bond acceptors (Lipinski definition) is 3. The van der Waals surface area contributed by atoms with Gasteiger partial charge in [-0.15, -0.1) is 0 Å². The van der Waals surface area contributed by atoms with Gasteiger partial charge in [-0.2, -0.15) is 0 Å². The predicted molar refractivity (Wildman–Crippen MR) is 85.6 cm³/mol. The predicted octanol–water partition coefficient (Wildman–Crippen LogP) is 3.38. The van der Waals surface area contributed by atoms with Gasteiger partial charge in [0.2, 0.25) is 0 Å². The molecule has 4 nitrogen and oxygen atoms in total. The van der Waals surface area contributed by atoms with Crippen LogP contribution in [0.4, 0.5) is 8.78 Å². The van der Waals surface area contributed by atoms with Gasteiger partial charge >= 0.3 is 0 Å². The lowest BCUT2D eigenvalue weighted by molar-refractivity contribution is 0.0936. The SMILES string of the molecule is CC(CCc1ccc(F)c(F)c1)NC(=O)c1cncnc1C1CC1. The van der Waals surface area contributed by atoms with Crippen LogP contribution in [-0.4, -0.2) is 21.9 Å². The first-order valence-electron chi connectivity index (χ1n) is 8.09. The minimum Gasteiger partial charge on any atom is -0.349 e. The van der Waals surface area contributed by atoms with Crippen molar-refractivity contribution < 1.29 is 13.6 Å². The number of halogens is 2. The molecule has 0 spiro atoms. The first-order valence-corrected chi connectivity index (χ1v) is 8.09. The molecule has 1 atom stereocenters. The van der Waals surface area contributed by atoms with Gasteiger partial charge in [0.05, 0.1) is 11.3 Å². The lowest BCUT2D eigenvalue weighted by Gasteiger charge is -2.15. The van der Waals surface area contributed by atoms with E-state index in [-0.39, 0.29) is 11.9 Å². The molecule has 24 heavy (non-hydrogen) atoms. The maximum absolute atomic E-state index is 13.2. The second-order valence-electron chi connectivity index (χ2n) is 6.26. The van der Waals surface area contributed by atoms with Crippen LogP contribution in [0.3, 0.4) is 0 Å². The first-order chi connectivity index (χ1) is 11.5. The molecule has 1 aromatic carbocycles. The van der Waals surface area contributed by atoms with Gasteiger partial charge < -0.3 is 5.32 Å². The number of carbonyl (C=O) groups excluding carboxylic acids is 1. The second-order valence-corrected chi connectivity index (χ2v) is 6.26. The molecule has 1 unspecified atom stereocenters. The Morgan fingerprint density at radius 2 is 2.12 bits per heavy atom. The van der Waals surface area contributed by atoms with Crippen LogP contribution in [0.2, 0.25) is 0 Å². The van der Waals surface area contributed by atoms with E-state index in [0.29, 0.717) is 29.9 Å². The molecule has 0 radical (unpaired) electrons. The Morgan fingerprint density at radius 3 is 2.83 bits per heavy atom. The summed E-state index contributed by atoms with van der Waals surface area (Å²) in [5.74, 6) is -1.52. The van der Waals surface area contributed by atoms with Crippen LogP contribution >= 0.6 is 0 Å². The van der Waals surface area contributed by atoms with Crippen LogP contribution < -0.4 is 5.32 Å². The number of hydrogen-bond donors (Lipinski definition) is 1. The van der Waals surface area contributed by atoms with Crippen molar-refractivity contribution in [2.75, 3.05) is 0 Å². The van der Waals surface area contributed by atoms with Crippen molar-refractivity contribution in [1.29, 1.82) is 0 Å². The van der Waals surface area contributed by atoms with Gasteiger partial charge in [0.1, 0.15) is 6.33 Å². The molecule has 2 aromatic rings. The average Bonchev–Trinajstić information content (AvgIpc) is 3.41. The van der Waals surface area contributed by atoms with Crippen LogP contribution in [0.25, 0.3) is 0 Å². The molecule has 1 aromatic heterocycles. The highest BCUT2D eigenvalue weighted by Crippen LogP contribution is 2.40. The highest BCUT2D eigenvalue weighted by Gasteiger charge is 2.29. The highest BCUT2D eigenvalue weighted by molar-refractivity contribution is 5.95. The molecule has 1 N–H and O–H groups in total. The Labute approximate surface area is 139 Å². The molecule has 126 valence electrons. The number of nitrogens with one attached hydrogen (secondary N) is 1. The van der Waals surface area contributed by atoms with Crippen LogP contribution in [0.15, 0.2) is 30.7 Å². The number of rotatable bonds is 6. The fourth-order valence-electron chi connectivity index (χ4n) is 2.65. The molecule has 1 aliphatic rings. The number of benzene rings is 1. The maximum atomic E-state index is 13.2. The third-order valence-electron chi connectivity index (χ3n) is 4.18. The van der Waals surface area contributed by atoms with Gasteiger partial charge in [0.15, 0.2) is 11.6 Å². The molecule has 1 aliphatic carbocycles. The Kier molecular flexibility index (Phi) is 4.83. The van der Waals surface area contributed by atoms with Crippen molar-refractivity contribution in [2.45, 2.75) is 44.6 Å². The molecular formula is C18H19F2N3O. The van der Waals surface area contributed by atoms with E-state index < -0.39 is 11.6 Å². The first kappa shape index (κ1) is 16.5. The largest absolute Gasteiger partial charge is 0.349 e. The minimum atomic E-state index is -0.850. The molecule has 1 saturated carbocycles. The van der Waals surface area contributed by atoms with Crippen LogP contribution in [0.5, 0.6) is 0 Å². The Balaban J connectivity index is 1.57. The van der Waals surface area contributed by atoms with E-state index >= 15 is 0 Å². The van der Waals surface area contributed by atoms with Gasteiger partial charge in [-0.1, -0.05) is 6.07 Å². The summed E-state index contributed by atoms with van der Waals surface area (Å²) in [5, 5.41) is 2.93. The molecule has 3 rings (SSSR count). The molecular weight excluding hydrogens is 312 g/mol. The van der Waals surface area contributed by atoms with E-state index in [0.717, 1.165) is 24.6 Å². The summed E-state index contributed by atoms with van der Waals surface area (Å²) >= 11 is 0. The van der Waals surface area contributed by atoms with Gasteiger partial charge in [0, 0.05) is 18.2 Å². The van der Waals surface area contributed by atoms with E-state index in [1.807, 2.05) is 6.92 Å². The molecule has 0 saturated heterocycles. The van der Waals surface area contributed by atoms with Crippen molar-refractivity contribution in [3.63, 3.8) is 0 Å².